The second-order valence-electron chi connectivity index (χ2n) is 4.39. The number of hydrogen-bond acceptors (Lipinski definition) is 6. The zero-order valence-corrected chi connectivity index (χ0v) is 11.5. The molecule has 1 aliphatic rings. The van der Waals surface area contributed by atoms with E-state index in [1.807, 2.05) is 6.26 Å². The van der Waals surface area contributed by atoms with Crippen molar-refractivity contribution >= 4 is 23.7 Å². The van der Waals surface area contributed by atoms with Gasteiger partial charge in [0.1, 0.15) is 5.82 Å². The summed E-state index contributed by atoms with van der Waals surface area (Å²) in [4.78, 5) is 18.5. The Morgan fingerprint density at radius 1 is 1.53 bits per heavy atom. The minimum Gasteiger partial charge on any atom is -0.367 e. The average Bonchev–Trinajstić information content (AvgIpc) is 2.90. The molecule has 1 aromatic heterocycles. The van der Waals surface area contributed by atoms with E-state index in [1.165, 1.54) is 30.7 Å². The number of nitrogens with one attached hydrogen (secondary N) is 1. The summed E-state index contributed by atoms with van der Waals surface area (Å²) in [5.41, 5.74) is 0.654. The van der Waals surface area contributed by atoms with Crippen LogP contribution >= 0.6 is 11.8 Å². The number of nitro groups is 1. The van der Waals surface area contributed by atoms with Gasteiger partial charge in [-0.2, -0.15) is 0 Å². The van der Waals surface area contributed by atoms with Crippen molar-refractivity contribution in [3.63, 3.8) is 0 Å². The number of rotatable bonds is 5. The molecular weight excluding hydrogens is 264 g/mol. The largest absolute Gasteiger partial charge is 0.367 e. The molecule has 6 nitrogen and oxygen atoms in total. The van der Waals surface area contributed by atoms with E-state index in [2.05, 4.69) is 15.3 Å². The highest BCUT2D eigenvalue weighted by Gasteiger charge is 2.17. The summed E-state index contributed by atoms with van der Waals surface area (Å²) in [5, 5.41) is 14.4. The van der Waals surface area contributed by atoms with Crippen molar-refractivity contribution < 1.29 is 4.92 Å². The Balaban J connectivity index is 2.22. The first-order chi connectivity index (χ1) is 9.19. The van der Waals surface area contributed by atoms with Gasteiger partial charge in [0.05, 0.1) is 4.92 Å². The fourth-order valence-electron chi connectivity index (χ4n) is 2.12. The third-order valence-corrected chi connectivity index (χ3v) is 3.61. The van der Waals surface area contributed by atoms with E-state index in [0.29, 0.717) is 22.6 Å². The SMILES string of the molecule is CSc1ncc(/C=C/[N+](=O)[O-])c(NC2CCCC2)n1. The van der Waals surface area contributed by atoms with Gasteiger partial charge in [-0.1, -0.05) is 24.6 Å². The molecule has 0 atom stereocenters. The lowest BCUT2D eigenvalue weighted by molar-refractivity contribution is -0.400. The van der Waals surface area contributed by atoms with Crippen molar-refractivity contribution in [1.29, 1.82) is 0 Å². The molecule has 0 unspecified atom stereocenters. The van der Waals surface area contributed by atoms with E-state index in [0.717, 1.165) is 19.0 Å². The van der Waals surface area contributed by atoms with Gasteiger partial charge in [0.25, 0.3) is 0 Å². The van der Waals surface area contributed by atoms with Crippen molar-refractivity contribution in [2.45, 2.75) is 36.9 Å². The predicted octanol–water partition coefficient (Wildman–Crippen LogP) is 2.80. The van der Waals surface area contributed by atoms with Crippen LogP contribution in [0.25, 0.3) is 6.08 Å². The summed E-state index contributed by atoms with van der Waals surface area (Å²) in [5.74, 6) is 0.685. The van der Waals surface area contributed by atoms with Gasteiger partial charge in [-0.25, -0.2) is 9.97 Å². The molecule has 0 spiro atoms. The molecule has 1 aliphatic carbocycles. The molecule has 0 bridgehead atoms. The summed E-state index contributed by atoms with van der Waals surface area (Å²) in [6.45, 7) is 0. The molecular formula is C12H16N4O2S. The van der Waals surface area contributed by atoms with Gasteiger partial charge < -0.3 is 5.32 Å². The van der Waals surface area contributed by atoms with Crippen LogP contribution in [0.3, 0.4) is 0 Å². The van der Waals surface area contributed by atoms with Crippen LogP contribution in [-0.4, -0.2) is 27.2 Å². The molecule has 0 amide bonds. The molecule has 0 aromatic carbocycles. The van der Waals surface area contributed by atoms with Crippen LogP contribution in [0, 0.1) is 10.1 Å². The van der Waals surface area contributed by atoms with Crippen LogP contribution in [0.5, 0.6) is 0 Å². The molecule has 1 saturated carbocycles. The minimum absolute atomic E-state index is 0.410. The predicted molar refractivity (Wildman–Crippen MR) is 75.7 cm³/mol. The normalized spacial score (nSPS) is 16.1. The molecule has 1 aromatic rings. The quantitative estimate of drug-likeness (QED) is 0.386. The molecule has 7 heteroatoms. The van der Waals surface area contributed by atoms with Crippen molar-refractivity contribution in [3.8, 4) is 0 Å². The van der Waals surface area contributed by atoms with Crippen LogP contribution in [0.2, 0.25) is 0 Å². The fourth-order valence-corrected chi connectivity index (χ4v) is 2.46. The second kappa shape index (κ2) is 6.51. The monoisotopic (exact) mass is 280 g/mol. The summed E-state index contributed by atoms with van der Waals surface area (Å²) < 4.78 is 0. The molecule has 1 N–H and O–H groups in total. The third-order valence-electron chi connectivity index (χ3n) is 3.05. The second-order valence-corrected chi connectivity index (χ2v) is 5.16. The van der Waals surface area contributed by atoms with Crippen LogP contribution < -0.4 is 5.32 Å². The smallest absolute Gasteiger partial charge is 0.235 e. The van der Waals surface area contributed by atoms with Crippen molar-refractivity contribution in [3.05, 3.63) is 28.1 Å². The van der Waals surface area contributed by atoms with E-state index in [1.54, 1.807) is 6.20 Å². The van der Waals surface area contributed by atoms with E-state index in [9.17, 15) is 10.1 Å². The summed E-state index contributed by atoms with van der Waals surface area (Å²) in [6.07, 6.45) is 10.6. The lowest BCUT2D eigenvalue weighted by Crippen LogP contribution is -2.16. The molecule has 1 heterocycles. The van der Waals surface area contributed by atoms with Gasteiger partial charge in [-0.3, -0.25) is 10.1 Å². The van der Waals surface area contributed by atoms with Crippen LogP contribution in [0.4, 0.5) is 5.82 Å². The highest BCUT2D eigenvalue weighted by atomic mass is 32.2. The number of hydrogen-bond donors (Lipinski definition) is 1. The number of thioether (sulfide) groups is 1. The first-order valence-electron chi connectivity index (χ1n) is 6.18. The maximum atomic E-state index is 10.4. The van der Waals surface area contributed by atoms with Gasteiger partial charge in [-0.15, -0.1) is 0 Å². The zero-order valence-electron chi connectivity index (χ0n) is 10.7. The Hall–Kier alpha value is -1.63. The van der Waals surface area contributed by atoms with Gasteiger partial charge >= 0.3 is 0 Å². The number of anilines is 1. The van der Waals surface area contributed by atoms with E-state index in [-0.39, 0.29) is 0 Å². The van der Waals surface area contributed by atoms with Gasteiger partial charge in [0, 0.05) is 23.9 Å². The molecule has 0 radical (unpaired) electrons. The van der Waals surface area contributed by atoms with E-state index < -0.39 is 4.92 Å². The summed E-state index contributed by atoms with van der Waals surface area (Å²) >= 11 is 1.45. The number of nitrogens with zero attached hydrogens (tertiary/aromatic N) is 3. The maximum absolute atomic E-state index is 10.4. The van der Waals surface area contributed by atoms with Crippen molar-refractivity contribution in [1.82, 2.24) is 9.97 Å². The van der Waals surface area contributed by atoms with Gasteiger partial charge in [0.2, 0.25) is 6.20 Å². The third kappa shape index (κ3) is 3.92. The fraction of sp³-hybridized carbons (Fsp3) is 0.500. The molecule has 0 aliphatic heterocycles. The Morgan fingerprint density at radius 3 is 2.89 bits per heavy atom. The summed E-state index contributed by atoms with van der Waals surface area (Å²) in [7, 11) is 0. The lowest BCUT2D eigenvalue weighted by Gasteiger charge is -2.14. The number of aromatic nitrogens is 2. The Bertz CT molecular complexity index is 487. The maximum Gasteiger partial charge on any atom is 0.235 e. The first-order valence-corrected chi connectivity index (χ1v) is 7.41. The average molecular weight is 280 g/mol. The standard InChI is InChI=1S/C12H16N4O2S/c1-19-12-13-8-9(6-7-16(17)18)11(15-12)14-10-4-2-3-5-10/h6-8,10H,2-5H2,1H3,(H,13,14,15)/b7-6+. The Labute approximate surface area is 115 Å². The Kier molecular flexibility index (Phi) is 4.73. The molecule has 0 saturated heterocycles. The van der Waals surface area contributed by atoms with Gasteiger partial charge in [0.15, 0.2) is 5.16 Å². The molecule has 19 heavy (non-hydrogen) atoms. The Morgan fingerprint density at radius 2 is 2.26 bits per heavy atom. The minimum atomic E-state index is -0.484. The van der Waals surface area contributed by atoms with Crippen LogP contribution in [-0.2, 0) is 0 Å². The molecule has 1 fully saturated rings. The van der Waals surface area contributed by atoms with E-state index in [4.69, 9.17) is 0 Å². The first kappa shape index (κ1) is 13.8. The highest BCUT2D eigenvalue weighted by molar-refractivity contribution is 7.98. The van der Waals surface area contributed by atoms with E-state index >= 15 is 0 Å². The van der Waals surface area contributed by atoms with Gasteiger partial charge in [-0.05, 0) is 19.1 Å². The zero-order chi connectivity index (χ0) is 13.7. The van der Waals surface area contributed by atoms with Crippen molar-refractivity contribution in [2.24, 2.45) is 0 Å². The van der Waals surface area contributed by atoms with Crippen LogP contribution in [0.1, 0.15) is 31.2 Å². The molecule has 2 rings (SSSR count). The van der Waals surface area contributed by atoms with Crippen LogP contribution in [0.15, 0.2) is 17.6 Å². The van der Waals surface area contributed by atoms with Crippen molar-refractivity contribution in [2.75, 3.05) is 11.6 Å². The molecule has 102 valence electrons. The lowest BCUT2D eigenvalue weighted by atomic mass is 10.2. The highest BCUT2D eigenvalue weighted by Crippen LogP contribution is 2.24. The summed E-state index contributed by atoms with van der Waals surface area (Å²) in [6, 6.07) is 0.410. The topological polar surface area (TPSA) is 81.0 Å².